The van der Waals surface area contributed by atoms with Crippen LogP contribution in [0.25, 0.3) is 0 Å². The number of anilines is 1. The molecule has 0 aliphatic carbocycles. The average molecular weight is 416 g/mol. The second-order valence-corrected chi connectivity index (χ2v) is 8.03. The summed E-state index contributed by atoms with van der Waals surface area (Å²) < 4.78 is 24.9. The van der Waals surface area contributed by atoms with Crippen LogP contribution in [-0.4, -0.2) is 29.7 Å². The molecule has 30 heavy (non-hydrogen) atoms. The number of amides is 2. The number of ether oxygens (including phenoxy) is 2. The third-order valence-corrected chi connectivity index (χ3v) is 4.31. The monoisotopic (exact) mass is 416 g/mol. The molecule has 0 fully saturated rings. The summed E-state index contributed by atoms with van der Waals surface area (Å²) in [6.07, 6.45) is -1.42. The Kier molecular flexibility index (Phi) is 7.94. The molecule has 0 spiro atoms. The molecule has 2 N–H and O–H groups in total. The van der Waals surface area contributed by atoms with E-state index in [2.05, 4.69) is 10.6 Å². The van der Waals surface area contributed by atoms with E-state index in [0.717, 1.165) is 5.56 Å². The summed E-state index contributed by atoms with van der Waals surface area (Å²) in [5, 5.41) is 5.24. The Balaban J connectivity index is 2.15. The second kappa shape index (κ2) is 10.2. The van der Waals surface area contributed by atoms with Gasteiger partial charge in [0.05, 0.1) is 12.7 Å². The van der Waals surface area contributed by atoms with E-state index in [1.807, 2.05) is 30.3 Å². The highest BCUT2D eigenvalue weighted by molar-refractivity contribution is 5.97. The van der Waals surface area contributed by atoms with Gasteiger partial charge in [-0.25, -0.2) is 9.18 Å². The molecule has 0 saturated carbocycles. The number of benzene rings is 2. The first-order chi connectivity index (χ1) is 14.1. The van der Waals surface area contributed by atoms with Crippen LogP contribution in [0.15, 0.2) is 48.5 Å². The van der Waals surface area contributed by atoms with Crippen LogP contribution in [0.5, 0.6) is 0 Å². The van der Waals surface area contributed by atoms with Crippen molar-refractivity contribution in [1.82, 2.24) is 5.32 Å². The molecule has 0 radical (unpaired) electrons. The lowest BCUT2D eigenvalue weighted by Gasteiger charge is -2.27. The third-order valence-electron chi connectivity index (χ3n) is 4.31. The van der Waals surface area contributed by atoms with Crippen molar-refractivity contribution in [2.24, 2.45) is 0 Å². The summed E-state index contributed by atoms with van der Waals surface area (Å²) >= 11 is 0. The van der Waals surface area contributed by atoms with E-state index in [4.69, 9.17) is 9.47 Å². The molecule has 2 amide bonds. The minimum Gasteiger partial charge on any atom is -0.444 e. The number of alkyl carbamates (subject to hydrolysis) is 1. The van der Waals surface area contributed by atoms with Gasteiger partial charge < -0.3 is 20.1 Å². The molecule has 2 rings (SSSR count). The number of carbonyl (C=O) groups excluding carboxylic acids is 2. The standard InChI is InChI=1S/C23H29FN2O4/c1-15-18(24)12-9-13-19(15)25-21(27)20(26-22(28)30-23(3,4)5)16(2)29-14-17-10-7-6-8-11-17/h6-13,16,20H,14H2,1-5H3,(H,25,27)(H,26,28)/t16-,20+/m0/s1. The number of hydrogen-bond acceptors (Lipinski definition) is 4. The van der Waals surface area contributed by atoms with E-state index in [-0.39, 0.29) is 6.61 Å². The number of rotatable bonds is 7. The number of hydrogen-bond donors (Lipinski definition) is 2. The van der Waals surface area contributed by atoms with Crippen LogP contribution in [0.1, 0.15) is 38.8 Å². The Labute approximate surface area is 176 Å². The van der Waals surface area contributed by atoms with E-state index in [0.29, 0.717) is 11.3 Å². The van der Waals surface area contributed by atoms with Gasteiger partial charge in [-0.2, -0.15) is 0 Å². The first kappa shape index (κ1) is 23.3. The lowest BCUT2D eigenvalue weighted by Crippen LogP contribution is -2.52. The highest BCUT2D eigenvalue weighted by Gasteiger charge is 2.30. The molecule has 2 aromatic rings. The minimum absolute atomic E-state index is 0.265. The highest BCUT2D eigenvalue weighted by atomic mass is 19.1. The lowest BCUT2D eigenvalue weighted by molar-refractivity contribution is -0.122. The molecule has 6 nitrogen and oxygen atoms in total. The quantitative estimate of drug-likeness (QED) is 0.693. The Hall–Kier alpha value is -2.93. The Morgan fingerprint density at radius 2 is 1.73 bits per heavy atom. The predicted octanol–water partition coefficient (Wildman–Crippen LogP) is 4.57. The zero-order valence-corrected chi connectivity index (χ0v) is 18.0. The van der Waals surface area contributed by atoms with Gasteiger partial charge in [-0.1, -0.05) is 36.4 Å². The average Bonchev–Trinajstić information content (AvgIpc) is 2.67. The number of nitrogens with one attached hydrogen (secondary N) is 2. The van der Waals surface area contributed by atoms with E-state index in [1.165, 1.54) is 12.1 Å². The lowest BCUT2D eigenvalue weighted by atomic mass is 10.1. The molecular weight excluding hydrogens is 387 g/mol. The first-order valence-corrected chi connectivity index (χ1v) is 9.78. The van der Waals surface area contributed by atoms with Crippen LogP contribution in [0.3, 0.4) is 0 Å². The largest absolute Gasteiger partial charge is 0.444 e. The molecule has 0 saturated heterocycles. The van der Waals surface area contributed by atoms with Gasteiger partial charge in [0.25, 0.3) is 0 Å². The van der Waals surface area contributed by atoms with Gasteiger partial charge in [-0.05, 0) is 52.3 Å². The zero-order chi connectivity index (χ0) is 22.3. The highest BCUT2D eigenvalue weighted by Crippen LogP contribution is 2.18. The van der Waals surface area contributed by atoms with E-state index in [9.17, 15) is 14.0 Å². The van der Waals surface area contributed by atoms with E-state index >= 15 is 0 Å². The summed E-state index contributed by atoms with van der Waals surface area (Å²) in [7, 11) is 0. The predicted molar refractivity (Wildman–Crippen MR) is 114 cm³/mol. The van der Waals surface area contributed by atoms with Crippen LogP contribution < -0.4 is 10.6 Å². The van der Waals surface area contributed by atoms with Crippen molar-refractivity contribution in [2.75, 3.05) is 5.32 Å². The van der Waals surface area contributed by atoms with Crippen molar-refractivity contribution in [3.05, 3.63) is 65.5 Å². The molecule has 162 valence electrons. The second-order valence-electron chi connectivity index (χ2n) is 8.03. The molecule has 0 aliphatic heterocycles. The summed E-state index contributed by atoms with van der Waals surface area (Å²) in [5.74, 6) is -0.965. The number of halogens is 1. The molecule has 0 heterocycles. The van der Waals surface area contributed by atoms with Crippen LogP contribution >= 0.6 is 0 Å². The smallest absolute Gasteiger partial charge is 0.408 e. The van der Waals surface area contributed by atoms with E-state index in [1.54, 1.807) is 40.7 Å². The van der Waals surface area contributed by atoms with Gasteiger partial charge in [0, 0.05) is 11.3 Å². The van der Waals surface area contributed by atoms with Crippen molar-refractivity contribution < 1.29 is 23.5 Å². The normalized spacial score (nSPS) is 13.3. The molecule has 2 atom stereocenters. The van der Waals surface area contributed by atoms with Gasteiger partial charge in [0.2, 0.25) is 5.91 Å². The molecule has 0 bridgehead atoms. The fourth-order valence-corrected chi connectivity index (χ4v) is 2.68. The molecule has 0 aromatic heterocycles. The van der Waals surface area contributed by atoms with Crippen LogP contribution in [0.4, 0.5) is 14.9 Å². The zero-order valence-electron chi connectivity index (χ0n) is 18.0. The molecule has 2 aromatic carbocycles. The van der Waals surface area contributed by atoms with Gasteiger partial charge in [0.15, 0.2) is 0 Å². The maximum absolute atomic E-state index is 13.8. The maximum Gasteiger partial charge on any atom is 0.408 e. The van der Waals surface area contributed by atoms with Gasteiger partial charge >= 0.3 is 6.09 Å². The summed E-state index contributed by atoms with van der Waals surface area (Å²) in [6, 6.07) is 12.8. The SMILES string of the molecule is Cc1c(F)cccc1NC(=O)[C@H](NC(=O)OC(C)(C)C)[C@H](C)OCc1ccccc1. The molecule has 0 aliphatic rings. The summed E-state index contributed by atoms with van der Waals surface area (Å²) in [6.45, 7) is 8.70. The first-order valence-electron chi connectivity index (χ1n) is 9.78. The Morgan fingerprint density at radius 3 is 2.37 bits per heavy atom. The maximum atomic E-state index is 13.8. The topological polar surface area (TPSA) is 76.7 Å². The molecular formula is C23H29FN2O4. The minimum atomic E-state index is -1.05. The van der Waals surface area contributed by atoms with Crippen LogP contribution in [0.2, 0.25) is 0 Å². The fraction of sp³-hybridized carbons (Fsp3) is 0.391. The van der Waals surface area contributed by atoms with E-state index < -0.39 is 35.6 Å². The third kappa shape index (κ3) is 7.15. The van der Waals surface area contributed by atoms with Crippen LogP contribution in [0, 0.1) is 12.7 Å². The van der Waals surface area contributed by atoms with Gasteiger partial charge in [-0.3, -0.25) is 4.79 Å². The summed E-state index contributed by atoms with van der Waals surface area (Å²) in [5.41, 5.74) is 0.839. The Morgan fingerprint density at radius 1 is 1.07 bits per heavy atom. The summed E-state index contributed by atoms with van der Waals surface area (Å²) in [4.78, 5) is 25.2. The Bertz CT molecular complexity index is 865. The van der Waals surface area contributed by atoms with Crippen molar-refractivity contribution in [3.8, 4) is 0 Å². The number of carbonyl (C=O) groups is 2. The van der Waals surface area contributed by atoms with Crippen molar-refractivity contribution in [2.45, 2.75) is 59.0 Å². The molecule has 7 heteroatoms. The van der Waals surface area contributed by atoms with Gasteiger partial charge in [-0.15, -0.1) is 0 Å². The van der Waals surface area contributed by atoms with Crippen LogP contribution in [-0.2, 0) is 20.9 Å². The van der Waals surface area contributed by atoms with Crippen molar-refractivity contribution in [1.29, 1.82) is 0 Å². The van der Waals surface area contributed by atoms with Gasteiger partial charge in [0.1, 0.15) is 17.5 Å². The van der Waals surface area contributed by atoms with Crippen molar-refractivity contribution in [3.63, 3.8) is 0 Å². The fourth-order valence-electron chi connectivity index (χ4n) is 2.68. The van der Waals surface area contributed by atoms with Crippen molar-refractivity contribution >= 4 is 17.7 Å². The molecule has 0 unspecified atom stereocenters.